The van der Waals surface area contributed by atoms with Crippen LogP contribution in [-0.4, -0.2) is 73.0 Å². The number of hydrogen-bond donors (Lipinski definition) is 1. The highest BCUT2D eigenvalue weighted by molar-refractivity contribution is 5.83. The molecule has 1 aromatic rings. The minimum atomic E-state index is -0.114. The van der Waals surface area contributed by atoms with Crippen molar-refractivity contribution in [3.8, 4) is 0 Å². The van der Waals surface area contributed by atoms with E-state index in [1.807, 2.05) is 17.0 Å². The van der Waals surface area contributed by atoms with Gasteiger partial charge in [0, 0.05) is 51.5 Å². The molecule has 1 fully saturated rings. The van der Waals surface area contributed by atoms with Gasteiger partial charge in [0.2, 0.25) is 11.8 Å². The SMILES string of the molecule is COCCN(C(=O)CCC(=O)NCc1cccnc1)C1CCN(C)CC1. The Balaban J connectivity index is 1.79. The van der Waals surface area contributed by atoms with Crippen LogP contribution >= 0.6 is 0 Å². The van der Waals surface area contributed by atoms with Gasteiger partial charge in [0.15, 0.2) is 0 Å². The Labute approximate surface area is 155 Å². The summed E-state index contributed by atoms with van der Waals surface area (Å²) < 4.78 is 5.16. The highest BCUT2D eigenvalue weighted by Gasteiger charge is 2.26. The summed E-state index contributed by atoms with van der Waals surface area (Å²) in [5.41, 5.74) is 0.945. The molecule has 1 aliphatic rings. The molecule has 1 saturated heterocycles. The van der Waals surface area contributed by atoms with Crippen molar-refractivity contribution in [2.45, 2.75) is 38.3 Å². The second kappa shape index (κ2) is 10.9. The standard InChI is InChI=1S/C19H30N4O3/c1-22-10-7-17(8-11-22)23(12-13-26-2)19(25)6-5-18(24)21-15-16-4-3-9-20-14-16/h3-4,9,14,17H,5-8,10-13,15H2,1-2H3,(H,21,24). The van der Waals surface area contributed by atoms with E-state index in [4.69, 9.17) is 4.74 Å². The van der Waals surface area contributed by atoms with Crippen LogP contribution in [0.3, 0.4) is 0 Å². The van der Waals surface area contributed by atoms with E-state index >= 15 is 0 Å². The van der Waals surface area contributed by atoms with Crippen LogP contribution < -0.4 is 5.32 Å². The molecule has 7 heteroatoms. The minimum Gasteiger partial charge on any atom is -0.383 e. The second-order valence-electron chi connectivity index (χ2n) is 6.75. The second-order valence-corrected chi connectivity index (χ2v) is 6.75. The van der Waals surface area contributed by atoms with Gasteiger partial charge in [-0.25, -0.2) is 0 Å². The molecule has 7 nitrogen and oxygen atoms in total. The molecule has 0 unspecified atom stereocenters. The third-order valence-corrected chi connectivity index (χ3v) is 4.76. The van der Waals surface area contributed by atoms with Gasteiger partial charge in [0.1, 0.15) is 0 Å². The maximum absolute atomic E-state index is 12.7. The molecular formula is C19H30N4O3. The Kier molecular flexibility index (Phi) is 8.50. The van der Waals surface area contributed by atoms with Crippen LogP contribution in [0.2, 0.25) is 0 Å². The van der Waals surface area contributed by atoms with Crippen LogP contribution in [0.15, 0.2) is 24.5 Å². The number of carbonyl (C=O) groups excluding carboxylic acids is 2. The normalized spacial score (nSPS) is 15.6. The van der Waals surface area contributed by atoms with Gasteiger partial charge >= 0.3 is 0 Å². The fourth-order valence-electron chi connectivity index (χ4n) is 3.16. The van der Waals surface area contributed by atoms with Gasteiger partial charge in [-0.2, -0.15) is 0 Å². The summed E-state index contributed by atoms with van der Waals surface area (Å²) in [5.74, 6) is -0.0783. The number of methoxy groups -OCH3 is 1. The molecule has 0 radical (unpaired) electrons. The van der Waals surface area contributed by atoms with Crippen LogP contribution in [0, 0.1) is 0 Å². The van der Waals surface area contributed by atoms with Crippen LogP contribution in [0.4, 0.5) is 0 Å². The van der Waals surface area contributed by atoms with Gasteiger partial charge in [0.05, 0.1) is 6.61 Å². The summed E-state index contributed by atoms with van der Waals surface area (Å²) in [7, 11) is 3.74. The molecule has 0 bridgehead atoms. The third kappa shape index (κ3) is 6.72. The number of rotatable bonds is 9. The lowest BCUT2D eigenvalue weighted by atomic mass is 10.0. The van der Waals surface area contributed by atoms with Gasteiger partial charge in [-0.3, -0.25) is 14.6 Å². The number of ether oxygens (including phenoxy) is 1. The molecule has 0 aliphatic carbocycles. The minimum absolute atomic E-state index is 0.0353. The van der Waals surface area contributed by atoms with Crippen LogP contribution in [-0.2, 0) is 20.9 Å². The molecule has 1 aliphatic heterocycles. The van der Waals surface area contributed by atoms with E-state index < -0.39 is 0 Å². The van der Waals surface area contributed by atoms with Gasteiger partial charge in [0.25, 0.3) is 0 Å². The lowest BCUT2D eigenvalue weighted by Gasteiger charge is -2.37. The van der Waals surface area contributed by atoms with E-state index in [9.17, 15) is 9.59 Å². The van der Waals surface area contributed by atoms with E-state index in [1.165, 1.54) is 0 Å². The maximum Gasteiger partial charge on any atom is 0.223 e. The third-order valence-electron chi connectivity index (χ3n) is 4.76. The van der Waals surface area contributed by atoms with E-state index in [0.717, 1.165) is 31.5 Å². The fraction of sp³-hybridized carbons (Fsp3) is 0.632. The summed E-state index contributed by atoms with van der Waals surface area (Å²) in [4.78, 5) is 32.9. The number of likely N-dealkylation sites (tertiary alicyclic amines) is 1. The molecule has 2 rings (SSSR count). The molecule has 0 atom stereocenters. The van der Waals surface area contributed by atoms with Crippen molar-refractivity contribution in [2.75, 3.05) is 40.4 Å². The number of piperidine rings is 1. The molecule has 0 spiro atoms. The largest absolute Gasteiger partial charge is 0.383 e. The fourth-order valence-corrected chi connectivity index (χ4v) is 3.16. The van der Waals surface area contributed by atoms with Crippen molar-refractivity contribution in [3.05, 3.63) is 30.1 Å². The number of nitrogens with zero attached hydrogens (tertiary/aromatic N) is 3. The molecule has 26 heavy (non-hydrogen) atoms. The summed E-state index contributed by atoms with van der Waals surface area (Å²) >= 11 is 0. The lowest BCUT2D eigenvalue weighted by Crippen LogP contribution is -2.47. The molecule has 0 aromatic carbocycles. The predicted molar refractivity (Wildman–Crippen MR) is 99.4 cm³/mol. The number of nitrogens with one attached hydrogen (secondary N) is 1. The van der Waals surface area contributed by atoms with Crippen molar-refractivity contribution in [1.29, 1.82) is 0 Å². The first kappa shape index (κ1) is 20.3. The number of amides is 2. The Hall–Kier alpha value is -1.99. The zero-order valence-corrected chi connectivity index (χ0v) is 15.8. The first-order valence-corrected chi connectivity index (χ1v) is 9.22. The lowest BCUT2D eigenvalue weighted by molar-refractivity contribution is -0.137. The molecule has 1 N–H and O–H groups in total. The summed E-state index contributed by atoms with van der Waals surface area (Å²) in [5, 5.41) is 2.84. The Morgan fingerprint density at radius 3 is 2.77 bits per heavy atom. The van der Waals surface area contributed by atoms with Gasteiger partial charge < -0.3 is 19.9 Å². The van der Waals surface area contributed by atoms with Gasteiger partial charge in [-0.05, 0) is 44.6 Å². The van der Waals surface area contributed by atoms with Crippen LogP contribution in [0.25, 0.3) is 0 Å². The highest BCUT2D eigenvalue weighted by Crippen LogP contribution is 2.17. The smallest absolute Gasteiger partial charge is 0.223 e. The Morgan fingerprint density at radius 1 is 1.35 bits per heavy atom. The highest BCUT2D eigenvalue weighted by atomic mass is 16.5. The average Bonchev–Trinajstić information content (AvgIpc) is 2.67. The molecule has 1 aromatic heterocycles. The predicted octanol–water partition coefficient (Wildman–Crippen LogP) is 1.05. The van der Waals surface area contributed by atoms with Crippen molar-refractivity contribution < 1.29 is 14.3 Å². The molecule has 2 amide bonds. The number of carbonyl (C=O) groups is 2. The Bertz CT molecular complexity index is 559. The van der Waals surface area contributed by atoms with E-state index in [1.54, 1.807) is 19.5 Å². The number of aromatic nitrogens is 1. The van der Waals surface area contributed by atoms with Crippen molar-refractivity contribution in [3.63, 3.8) is 0 Å². The van der Waals surface area contributed by atoms with Crippen molar-refractivity contribution >= 4 is 11.8 Å². The number of hydrogen-bond acceptors (Lipinski definition) is 5. The Morgan fingerprint density at radius 2 is 2.12 bits per heavy atom. The maximum atomic E-state index is 12.7. The summed E-state index contributed by atoms with van der Waals surface area (Å²) in [6.45, 7) is 3.52. The average molecular weight is 362 g/mol. The molecular weight excluding hydrogens is 332 g/mol. The topological polar surface area (TPSA) is 74.8 Å². The van der Waals surface area contributed by atoms with Crippen LogP contribution in [0.1, 0.15) is 31.2 Å². The monoisotopic (exact) mass is 362 g/mol. The first-order valence-electron chi connectivity index (χ1n) is 9.22. The summed E-state index contributed by atoms with van der Waals surface area (Å²) in [6.07, 6.45) is 5.79. The van der Waals surface area contributed by atoms with Gasteiger partial charge in [-0.15, -0.1) is 0 Å². The van der Waals surface area contributed by atoms with Crippen molar-refractivity contribution in [2.24, 2.45) is 0 Å². The zero-order valence-electron chi connectivity index (χ0n) is 15.8. The first-order chi connectivity index (χ1) is 12.6. The zero-order chi connectivity index (χ0) is 18.8. The summed E-state index contributed by atoms with van der Waals surface area (Å²) in [6, 6.07) is 3.98. The molecule has 0 saturated carbocycles. The van der Waals surface area contributed by atoms with Crippen molar-refractivity contribution in [1.82, 2.24) is 20.1 Å². The molecule has 144 valence electrons. The number of pyridine rings is 1. The van der Waals surface area contributed by atoms with E-state index in [2.05, 4.69) is 22.2 Å². The van der Waals surface area contributed by atoms with Crippen LogP contribution in [0.5, 0.6) is 0 Å². The molecule has 2 heterocycles. The van der Waals surface area contributed by atoms with Gasteiger partial charge in [-0.1, -0.05) is 6.07 Å². The quantitative estimate of drug-likeness (QED) is 0.711. The van der Waals surface area contributed by atoms with E-state index in [0.29, 0.717) is 19.7 Å². The van der Waals surface area contributed by atoms with E-state index in [-0.39, 0.29) is 30.7 Å².